The smallest absolute Gasteiger partial charge is 0.188 e. The molecule has 25 heavy (non-hydrogen) atoms. The predicted octanol–water partition coefficient (Wildman–Crippen LogP) is 2.03. The number of ether oxygens (including phenoxy) is 2. The molecule has 1 atom stereocenters. The van der Waals surface area contributed by atoms with Crippen LogP contribution in [-0.2, 0) is 6.42 Å². The quantitative estimate of drug-likeness (QED) is 0.555. The number of nitrogens with two attached hydrogens (primary N) is 1. The standard InChI is InChI=1S/C19H32N4O2/c1-15-6-4-5-12-23(15)13-11-22-19(20)21-10-9-16-7-8-17(24-2)18(14-16)25-3/h7-8,14-15H,4-6,9-13H2,1-3H3,(H3,20,21,22). The number of nitrogens with one attached hydrogen (secondary N) is 1. The fourth-order valence-corrected chi connectivity index (χ4v) is 3.22. The molecule has 1 aliphatic heterocycles. The van der Waals surface area contributed by atoms with Crippen molar-refractivity contribution in [2.75, 3.05) is 40.4 Å². The van der Waals surface area contributed by atoms with Gasteiger partial charge in [-0.3, -0.25) is 9.89 Å². The number of guanidine groups is 1. The molecule has 1 aromatic rings. The second-order valence-corrected chi connectivity index (χ2v) is 6.51. The van der Waals surface area contributed by atoms with E-state index in [1.165, 1.54) is 31.4 Å². The number of aliphatic imine (C=N–C) groups is 1. The van der Waals surface area contributed by atoms with E-state index in [0.29, 0.717) is 12.0 Å². The number of rotatable bonds is 8. The lowest BCUT2D eigenvalue weighted by Crippen LogP contribution is -2.40. The molecular formula is C19H32N4O2. The first-order chi connectivity index (χ1) is 12.1. The van der Waals surface area contributed by atoms with Gasteiger partial charge < -0.3 is 20.5 Å². The summed E-state index contributed by atoms with van der Waals surface area (Å²) in [5, 5.41) is 3.18. The SMILES string of the molecule is COc1ccc(CCNC(N)=NCCN2CCCCC2C)cc1OC. The van der Waals surface area contributed by atoms with Gasteiger partial charge in [-0.05, 0) is 50.4 Å². The van der Waals surface area contributed by atoms with Crippen molar-refractivity contribution in [1.29, 1.82) is 0 Å². The molecule has 0 amide bonds. The maximum atomic E-state index is 5.97. The molecule has 6 nitrogen and oxygen atoms in total. The number of benzene rings is 1. The van der Waals surface area contributed by atoms with Gasteiger partial charge >= 0.3 is 0 Å². The Morgan fingerprint density at radius 3 is 2.80 bits per heavy atom. The second kappa shape index (κ2) is 10.1. The zero-order valence-electron chi connectivity index (χ0n) is 15.8. The van der Waals surface area contributed by atoms with Crippen LogP contribution in [0, 0.1) is 0 Å². The lowest BCUT2D eigenvalue weighted by atomic mass is 10.0. The number of nitrogens with zero attached hydrogens (tertiary/aromatic N) is 2. The molecule has 0 radical (unpaired) electrons. The number of methoxy groups -OCH3 is 2. The molecule has 0 bridgehead atoms. The first-order valence-corrected chi connectivity index (χ1v) is 9.12. The number of hydrogen-bond donors (Lipinski definition) is 2. The molecule has 1 fully saturated rings. The van der Waals surface area contributed by atoms with E-state index in [0.717, 1.165) is 37.6 Å². The van der Waals surface area contributed by atoms with Crippen LogP contribution in [-0.4, -0.2) is 57.3 Å². The summed E-state index contributed by atoms with van der Waals surface area (Å²) in [6.45, 7) is 5.96. The Bertz CT molecular complexity index is 562. The summed E-state index contributed by atoms with van der Waals surface area (Å²) in [5.41, 5.74) is 7.13. The zero-order valence-corrected chi connectivity index (χ0v) is 15.8. The molecule has 1 saturated heterocycles. The Morgan fingerprint density at radius 2 is 2.08 bits per heavy atom. The van der Waals surface area contributed by atoms with E-state index in [-0.39, 0.29) is 0 Å². The van der Waals surface area contributed by atoms with Crippen molar-refractivity contribution in [3.05, 3.63) is 23.8 Å². The molecule has 2 rings (SSSR count). The van der Waals surface area contributed by atoms with Crippen LogP contribution in [0.3, 0.4) is 0 Å². The maximum absolute atomic E-state index is 5.97. The van der Waals surface area contributed by atoms with Crippen molar-refractivity contribution in [2.24, 2.45) is 10.7 Å². The summed E-state index contributed by atoms with van der Waals surface area (Å²) in [6, 6.07) is 6.62. The minimum Gasteiger partial charge on any atom is -0.493 e. The molecule has 1 aliphatic rings. The van der Waals surface area contributed by atoms with Crippen molar-refractivity contribution in [3.8, 4) is 11.5 Å². The Labute approximate surface area is 151 Å². The molecular weight excluding hydrogens is 316 g/mol. The third-order valence-corrected chi connectivity index (χ3v) is 4.78. The summed E-state index contributed by atoms with van der Waals surface area (Å²) in [6.07, 6.45) is 4.79. The average molecular weight is 348 g/mol. The second-order valence-electron chi connectivity index (χ2n) is 6.51. The topological polar surface area (TPSA) is 72.1 Å². The molecule has 140 valence electrons. The summed E-state index contributed by atoms with van der Waals surface area (Å²) in [4.78, 5) is 6.95. The van der Waals surface area contributed by atoms with Gasteiger partial charge in [0.15, 0.2) is 17.5 Å². The van der Waals surface area contributed by atoms with Crippen LogP contribution in [0.15, 0.2) is 23.2 Å². The van der Waals surface area contributed by atoms with Crippen LogP contribution >= 0.6 is 0 Å². The third kappa shape index (κ3) is 6.12. The molecule has 6 heteroatoms. The Morgan fingerprint density at radius 1 is 1.28 bits per heavy atom. The van der Waals surface area contributed by atoms with Gasteiger partial charge in [0.05, 0.1) is 20.8 Å². The van der Waals surface area contributed by atoms with Crippen molar-refractivity contribution < 1.29 is 9.47 Å². The number of likely N-dealkylation sites (tertiary alicyclic amines) is 1. The van der Waals surface area contributed by atoms with E-state index >= 15 is 0 Å². The number of piperidine rings is 1. The third-order valence-electron chi connectivity index (χ3n) is 4.78. The van der Waals surface area contributed by atoms with E-state index in [1.807, 2.05) is 18.2 Å². The molecule has 0 saturated carbocycles. The Balaban J connectivity index is 1.71. The van der Waals surface area contributed by atoms with Gasteiger partial charge in [0, 0.05) is 19.1 Å². The highest BCUT2D eigenvalue weighted by Crippen LogP contribution is 2.27. The van der Waals surface area contributed by atoms with Gasteiger partial charge in [-0.15, -0.1) is 0 Å². The van der Waals surface area contributed by atoms with Gasteiger partial charge in [0.1, 0.15) is 0 Å². The van der Waals surface area contributed by atoms with E-state index in [9.17, 15) is 0 Å². The zero-order chi connectivity index (χ0) is 18.1. The Hall–Kier alpha value is -1.95. The molecule has 1 unspecified atom stereocenters. The first kappa shape index (κ1) is 19.4. The van der Waals surface area contributed by atoms with Crippen molar-refractivity contribution >= 4 is 5.96 Å². The van der Waals surface area contributed by atoms with Crippen LogP contribution < -0.4 is 20.5 Å². The van der Waals surface area contributed by atoms with Crippen molar-refractivity contribution in [3.63, 3.8) is 0 Å². The maximum Gasteiger partial charge on any atom is 0.188 e. The monoisotopic (exact) mass is 348 g/mol. The molecule has 1 heterocycles. The van der Waals surface area contributed by atoms with Crippen LogP contribution in [0.2, 0.25) is 0 Å². The van der Waals surface area contributed by atoms with E-state index in [2.05, 4.69) is 22.1 Å². The summed E-state index contributed by atoms with van der Waals surface area (Å²) < 4.78 is 10.6. The fourth-order valence-electron chi connectivity index (χ4n) is 3.22. The van der Waals surface area contributed by atoms with Crippen LogP contribution in [0.5, 0.6) is 11.5 Å². The summed E-state index contributed by atoms with van der Waals surface area (Å²) in [5.74, 6) is 2.01. The minimum absolute atomic E-state index is 0.519. The largest absolute Gasteiger partial charge is 0.493 e. The fraction of sp³-hybridized carbons (Fsp3) is 0.632. The van der Waals surface area contributed by atoms with Gasteiger partial charge in [-0.2, -0.15) is 0 Å². The highest BCUT2D eigenvalue weighted by Gasteiger charge is 2.16. The van der Waals surface area contributed by atoms with Gasteiger partial charge in [-0.25, -0.2) is 0 Å². The van der Waals surface area contributed by atoms with E-state index in [1.54, 1.807) is 14.2 Å². The van der Waals surface area contributed by atoms with E-state index in [4.69, 9.17) is 15.2 Å². The molecule has 1 aromatic carbocycles. The predicted molar refractivity (Wildman–Crippen MR) is 103 cm³/mol. The average Bonchev–Trinajstić information content (AvgIpc) is 2.63. The van der Waals surface area contributed by atoms with Gasteiger partial charge in [0.2, 0.25) is 0 Å². The van der Waals surface area contributed by atoms with Gasteiger partial charge in [0.25, 0.3) is 0 Å². The van der Waals surface area contributed by atoms with Crippen molar-refractivity contribution in [2.45, 2.75) is 38.6 Å². The number of hydrogen-bond acceptors (Lipinski definition) is 4. The van der Waals surface area contributed by atoms with E-state index < -0.39 is 0 Å². The molecule has 0 aromatic heterocycles. The van der Waals surface area contributed by atoms with Gasteiger partial charge in [-0.1, -0.05) is 12.5 Å². The first-order valence-electron chi connectivity index (χ1n) is 9.12. The normalized spacial score (nSPS) is 18.8. The molecule has 0 spiro atoms. The molecule has 3 N–H and O–H groups in total. The minimum atomic E-state index is 0.519. The van der Waals surface area contributed by atoms with Crippen molar-refractivity contribution in [1.82, 2.24) is 10.2 Å². The molecule has 0 aliphatic carbocycles. The van der Waals surface area contributed by atoms with Crippen LogP contribution in [0.4, 0.5) is 0 Å². The van der Waals surface area contributed by atoms with Crippen LogP contribution in [0.25, 0.3) is 0 Å². The lowest BCUT2D eigenvalue weighted by molar-refractivity contribution is 0.166. The summed E-state index contributed by atoms with van der Waals surface area (Å²) >= 11 is 0. The Kier molecular flexibility index (Phi) is 7.85. The highest BCUT2D eigenvalue weighted by molar-refractivity contribution is 5.77. The highest BCUT2D eigenvalue weighted by atomic mass is 16.5. The lowest BCUT2D eigenvalue weighted by Gasteiger charge is -2.32. The van der Waals surface area contributed by atoms with Crippen LogP contribution in [0.1, 0.15) is 31.7 Å². The summed E-state index contributed by atoms with van der Waals surface area (Å²) in [7, 11) is 3.29.